The predicted octanol–water partition coefficient (Wildman–Crippen LogP) is 3.17. The van der Waals surface area contributed by atoms with Gasteiger partial charge in [-0.15, -0.1) is 24.0 Å². The molecule has 0 aliphatic heterocycles. The van der Waals surface area contributed by atoms with Crippen LogP contribution < -0.4 is 4.74 Å². The molecule has 0 radical (unpaired) electrons. The highest BCUT2D eigenvalue weighted by molar-refractivity contribution is 7.96. The summed E-state index contributed by atoms with van der Waals surface area (Å²) in [6.07, 6.45) is -0.566. The van der Waals surface area contributed by atoms with Gasteiger partial charge in [-0.2, -0.15) is 0 Å². The fourth-order valence-corrected chi connectivity index (χ4v) is 2.32. The van der Waals surface area contributed by atoms with Crippen LogP contribution in [0.25, 0.3) is 10.2 Å². The Bertz CT molecular complexity index is 541. The summed E-state index contributed by atoms with van der Waals surface area (Å²) in [5.41, 5.74) is 0.826. The SMILES string of the molecule is CC(Oc1ccc2nc(Cl)sc2c1)C(=O)S. The Labute approximate surface area is 107 Å². The Kier molecular flexibility index (Phi) is 3.37. The number of hydrogen-bond acceptors (Lipinski definition) is 4. The molecule has 2 aromatic rings. The molecule has 1 atom stereocenters. The first-order valence-electron chi connectivity index (χ1n) is 4.52. The number of hydrogen-bond donors (Lipinski definition) is 1. The molecule has 1 aromatic heterocycles. The van der Waals surface area contributed by atoms with Crippen LogP contribution in [0.15, 0.2) is 18.2 Å². The van der Waals surface area contributed by atoms with Crippen LogP contribution in [0.3, 0.4) is 0 Å². The minimum atomic E-state index is -0.566. The van der Waals surface area contributed by atoms with E-state index in [0.29, 0.717) is 10.2 Å². The van der Waals surface area contributed by atoms with Gasteiger partial charge in [-0.1, -0.05) is 11.6 Å². The smallest absolute Gasteiger partial charge is 0.226 e. The van der Waals surface area contributed by atoms with E-state index in [2.05, 4.69) is 17.6 Å². The summed E-state index contributed by atoms with van der Waals surface area (Å²) in [7, 11) is 0. The van der Waals surface area contributed by atoms with Gasteiger partial charge in [-0.3, -0.25) is 4.79 Å². The van der Waals surface area contributed by atoms with Crippen LogP contribution in [-0.2, 0) is 4.79 Å². The third kappa shape index (κ3) is 2.48. The van der Waals surface area contributed by atoms with Crippen molar-refractivity contribution in [3.05, 3.63) is 22.7 Å². The summed E-state index contributed by atoms with van der Waals surface area (Å²) in [6, 6.07) is 5.38. The molecule has 16 heavy (non-hydrogen) atoms. The minimum Gasteiger partial charge on any atom is -0.482 e. The number of halogens is 1. The summed E-state index contributed by atoms with van der Waals surface area (Å²) in [5.74, 6) is 0.614. The second kappa shape index (κ2) is 4.61. The van der Waals surface area contributed by atoms with E-state index in [1.807, 2.05) is 12.1 Å². The van der Waals surface area contributed by atoms with E-state index in [4.69, 9.17) is 16.3 Å². The normalized spacial score (nSPS) is 12.7. The van der Waals surface area contributed by atoms with Gasteiger partial charge in [0.25, 0.3) is 0 Å². The molecule has 2 rings (SSSR count). The van der Waals surface area contributed by atoms with Crippen LogP contribution in [0.5, 0.6) is 5.75 Å². The van der Waals surface area contributed by atoms with Crippen molar-refractivity contribution in [3.63, 3.8) is 0 Å². The Morgan fingerprint density at radius 3 is 3.06 bits per heavy atom. The van der Waals surface area contributed by atoms with Crippen molar-refractivity contribution < 1.29 is 9.53 Å². The standard InChI is InChI=1S/C10H8ClNO2S2/c1-5(9(13)15)14-6-2-3-7-8(4-6)16-10(11)12-7/h2-5H,1H3,(H,13,15). The predicted molar refractivity (Wildman–Crippen MR) is 68.7 cm³/mol. The van der Waals surface area contributed by atoms with Gasteiger partial charge >= 0.3 is 0 Å². The van der Waals surface area contributed by atoms with Gasteiger partial charge in [0.2, 0.25) is 5.12 Å². The largest absolute Gasteiger partial charge is 0.482 e. The Morgan fingerprint density at radius 2 is 2.38 bits per heavy atom. The lowest BCUT2D eigenvalue weighted by molar-refractivity contribution is -0.116. The maximum absolute atomic E-state index is 10.9. The number of carbonyl (C=O) groups excluding carboxylic acids is 1. The van der Waals surface area contributed by atoms with E-state index in [-0.39, 0.29) is 5.12 Å². The maximum atomic E-state index is 10.9. The second-order valence-electron chi connectivity index (χ2n) is 3.19. The molecular formula is C10H8ClNO2S2. The van der Waals surface area contributed by atoms with Crippen molar-refractivity contribution >= 4 is 50.9 Å². The van der Waals surface area contributed by atoms with Gasteiger partial charge < -0.3 is 4.74 Å². The van der Waals surface area contributed by atoms with E-state index in [1.54, 1.807) is 13.0 Å². The number of fused-ring (bicyclic) bond motifs is 1. The third-order valence-corrected chi connectivity index (χ3v) is 3.48. The van der Waals surface area contributed by atoms with Gasteiger partial charge in [0.15, 0.2) is 10.6 Å². The monoisotopic (exact) mass is 273 g/mol. The van der Waals surface area contributed by atoms with Gasteiger partial charge in [0, 0.05) is 0 Å². The molecule has 1 aromatic carbocycles. The molecule has 0 bridgehead atoms. The molecule has 0 saturated heterocycles. The van der Waals surface area contributed by atoms with Crippen molar-refractivity contribution in [1.82, 2.24) is 4.98 Å². The summed E-state index contributed by atoms with van der Waals surface area (Å²) < 4.78 is 6.83. The van der Waals surface area contributed by atoms with Crippen molar-refractivity contribution in [2.24, 2.45) is 0 Å². The molecule has 84 valence electrons. The number of benzene rings is 1. The van der Waals surface area contributed by atoms with Crippen LogP contribution in [0, 0.1) is 0 Å². The zero-order valence-corrected chi connectivity index (χ0v) is 10.8. The topological polar surface area (TPSA) is 39.2 Å². The van der Waals surface area contributed by atoms with Gasteiger partial charge in [-0.05, 0) is 25.1 Å². The first-order chi connectivity index (χ1) is 7.56. The number of aromatic nitrogens is 1. The maximum Gasteiger partial charge on any atom is 0.226 e. The average Bonchev–Trinajstić information content (AvgIpc) is 2.57. The molecule has 0 spiro atoms. The number of nitrogens with zero attached hydrogens (tertiary/aromatic N) is 1. The molecule has 0 saturated carbocycles. The number of thiazole rings is 1. The Morgan fingerprint density at radius 1 is 1.62 bits per heavy atom. The van der Waals surface area contributed by atoms with E-state index in [1.165, 1.54) is 11.3 Å². The number of carbonyl (C=O) groups is 1. The molecular weight excluding hydrogens is 266 g/mol. The highest BCUT2D eigenvalue weighted by Gasteiger charge is 2.11. The van der Waals surface area contributed by atoms with Crippen molar-refractivity contribution in [2.45, 2.75) is 13.0 Å². The average molecular weight is 274 g/mol. The lowest BCUT2D eigenvalue weighted by Gasteiger charge is -2.10. The van der Waals surface area contributed by atoms with Crippen LogP contribution in [0.1, 0.15) is 6.92 Å². The molecule has 6 heteroatoms. The zero-order valence-electron chi connectivity index (χ0n) is 8.31. The molecule has 0 aliphatic carbocycles. The third-order valence-electron chi connectivity index (χ3n) is 1.99. The number of ether oxygens (including phenoxy) is 1. The minimum absolute atomic E-state index is 0.303. The highest BCUT2D eigenvalue weighted by atomic mass is 35.5. The summed E-state index contributed by atoms with van der Waals surface area (Å²) in [6.45, 7) is 1.65. The lowest BCUT2D eigenvalue weighted by Crippen LogP contribution is -2.18. The van der Waals surface area contributed by atoms with E-state index >= 15 is 0 Å². The zero-order chi connectivity index (χ0) is 11.7. The summed E-state index contributed by atoms with van der Waals surface area (Å²) >= 11 is 10.9. The first-order valence-corrected chi connectivity index (χ1v) is 6.16. The molecule has 0 amide bonds. The first kappa shape index (κ1) is 11.7. The summed E-state index contributed by atoms with van der Waals surface area (Å²) in [4.78, 5) is 15.0. The lowest BCUT2D eigenvalue weighted by atomic mass is 10.3. The van der Waals surface area contributed by atoms with Crippen molar-refractivity contribution in [3.8, 4) is 5.75 Å². The summed E-state index contributed by atoms with van der Waals surface area (Å²) in [5, 5.41) is -0.303. The molecule has 0 aliphatic rings. The van der Waals surface area contributed by atoms with Crippen LogP contribution in [0.4, 0.5) is 0 Å². The molecule has 1 unspecified atom stereocenters. The molecule has 1 heterocycles. The van der Waals surface area contributed by atoms with Crippen LogP contribution in [0.2, 0.25) is 4.47 Å². The Balaban J connectivity index is 2.28. The van der Waals surface area contributed by atoms with Gasteiger partial charge in [0.1, 0.15) is 5.75 Å². The second-order valence-corrected chi connectivity index (χ2v) is 5.25. The van der Waals surface area contributed by atoms with Crippen molar-refractivity contribution in [1.29, 1.82) is 0 Å². The van der Waals surface area contributed by atoms with Gasteiger partial charge in [-0.25, -0.2) is 4.98 Å². The van der Waals surface area contributed by atoms with Crippen LogP contribution >= 0.6 is 35.6 Å². The van der Waals surface area contributed by atoms with E-state index < -0.39 is 6.10 Å². The molecule has 3 nitrogen and oxygen atoms in total. The Hall–Kier alpha value is -0.780. The number of rotatable bonds is 3. The fourth-order valence-electron chi connectivity index (χ4n) is 1.20. The number of thiol groups is 1. The van der Waals surface area contributed by atoms with Gasteiger partial charge in [0.05, 0.1) is 10.2 Å². The highest BCUT2D eigenvalue weighted by Crippen LogP contribution is 2.29. The van der Waals surface area contributed by atoms with E-state index in [9.17, 15) is 4.79 Å². The molecule has 0 fully saturated rings. The molecule has 0 N–H and O–H groups in total. The fraction of sp³-hybridized carbons (Fsp3) is 0.200. The van der Waals surface area contributed by atoms with E-state index in [0.717, 1.165) is 10.2 Å². The quantitative estimate of drug-likeness (QED) is 0.873. The van der Waals surface area contributed by atoms with Crippen molar-refractivity contribution in [2.75, 3.05) is 0 Å². The van der Waals surface area contributed by atoms with Crippen LogP contribution in [-0.4, -0.2) is 16.2 Å².